The van der Waals surface area contributed by atoms with Crippen LogP contribution in [0.2, 0.25) is 5.02 Å². The Morgan fingerprint density at radius 1 is 1.15 bits per heavy atom. The van der Waals surface area contributed by atoms with Gasteiger partial charge in [-0.1, -0.05) is 35.9 Å². The van der Waals surface area contributed by atoms with E-state index in [2.05, 4.69) is 6.07 Å². The first kappa shape index (κ1) is 21.3. The molecule has 1 fully saturated rings. The van der Waals surface area contributed by atoms with Gasteiger partial charge in [0.2, 0.25) is 0 Å². The summed E-state index contributed by atoms with van der Waals surface area (Å²) in [6.45, 7) is 1.97. The predicted octanol–water partition coefficient (Wildman–Crippen LogP) is 6.24. The number of phenols is 1. The molecule has 0 radical (unpaired) electrons. The molecule has 5 rings (SSSR count). The minimum Gasteiger partial charge on any atom is -0.507 e. The second-order valence-corrected chi connectivity index (χ2v) is 8.78. The largest absolute Gasteiger partial charge is 0.507 e. The lowest BCUT2D eigenvalue weighted by Crippen LogP contribution is -2.20. The molecule has 6 heteroatoms. The van der Waals surface area contributed by atoms with Gasteiger partial charge in [0.1, 0.15) is 11.3 Å². The van der Waals surface area contributed by atoms with Crippen LogP contribution in [0.4, 0.5) is 11.4 Å². The summed E-state index contributed by atoms with van der Waals surface area (Å²) < 4.78 is 4.70. The predicted molar refractivity (Wildman–Crippen MR) is 129 cm³/mol. The van der Waals surface area contributed by atoms with Crippen molar-refractivity contribution in [2.75, 3.05) is 12.0 Å². The fourth-order valence-electron chi connectivity index (χ4n) is 4.46. The van der Waals surface area contributed by atoms with Gasteiger partial charge in [-0.15, -0.1) is 0 Å². The van der Waals surface area contributed by atoms with E-state index in [4.69, 9.17) is 16.3 Å². The zero-order valence-electron chi connectivity index (χ0n) is 18.3. The number of aryl methyl sites for hydroxylation is 1. The lowest BCUT2D eigenvalue weighted by Gasteiger charge is -2.18. The fraction of sp³-hybridized carbons (Fsp3) is 0.185. The van der Waals surface area contributed by atoms with Gasteiger partial charge in [0.25, 0.3) is 5.91 Å². The van der Waals surface area contributed by atoms with Gasteiger partial charge in [0.05, 0.1) is 24.1 Å². The van der Waals surface area contributed by atoms with E-state index in [-0.39, 0.29) is 17.2 Å². The molecule has 166 valence electrons. The SMILES string of the molecule is COC(=O)c1ccc(N2C(=O)/C(=C\c3c(Cl)cccc3C3CC3)c3c(C)cccc32)cc1O. The van der Waals surface area contributed by atoms with Crippen LogP contribution in [0, 0.1) is 6.92 Å². The molecule has 1 N–H and O–H groups in total. The van der Waals surface area contributed by atoms with Gasteiger partial charge in [-0.05, 0) is 72.7 Å². The number of aromatic hydroxyl groups is 1. The topological polar surface area (TPSA) is 66.8 Å². The van der Waals surface area contributed by atoms with Crippen LogP contribution in [0.3, 0.4) is 0 Å². The van der Waals surface area contributed by atoms with E-state index in [0.717, 1.165) is 40.8 Å². The van der Waals surface area contributed by atoms with Gasteiger partial charge in [0.15, 0.2) is 0 Å². The van der Waals surface area contributed by atoms with Crippen LogP contribution in [0.1, 0.15) is 51.4 Å². The van der Waals surface area contributed by atoms with Gasteiger partial charge < -0.3 is 9.84 Å². The van der Waals surface area contributed by atoms with Crippen molar-refractivity contribution in [3.8, 4) is 5.75 Å². The number of carbonyl (C=O) groups excluding carboxylic acids is 2. The van der Waals surface area contributed by atoms with E-state index in [1.807, 2.05) is 43.3 Å². The van der Waals surface area contributed by atoms with Crippen molar-refractivity contribution in [1.82, 2.24) is 0 Å². The van der Waals surface area contributed by atoms with Crippen LogP contribution in [-0.2, 0) is 9.53 Å². The molecule has 0 bridgehead atoms. The van der Waals surface area contributed by atoms with Crippen molar-refractivity contribution in [1.29, 1.82) is 0 Å². The van der Waals surface area contributed by atoms with Crippen LogP contribution in [0.5, 0.6) is 5.75 Å². The molecule has 1 aliphatic carbocycles. The number of hydrogen-bond acceptors (Lipinski definition) is 4. The summed E-state index contributed by atoms with van der Waals surface area (Å²) in [7, 11) is 1.25. The Balaban J connectivity index is 1.66. The van der Waals surface area contributed by atoms with Crippen LogP contribution in [0.15, 0.2) is 54.6 Å². The van der Waals surface area contributed by atoms with Gasteiger partial charge >= 0.3 is 5.97 Å². The zero-order chi connectivity index (χ0) is 23.3. The molecule has 1 aliphatic heterocycles. The first-order valence-electron chi connectivity index (χ1n) is 10.8. The van der Waals surface area contributed by atoms with E-state index in [1.165, 1.54) is 19.2 Å². The van der Waals surface area contributed by atoms with Crippen molar-refractivity contribution in [3.05, 3.63) is 87.4 Å². The monoisotopic (exact) mass is 459 g/mol. The minimum atomic E-state index is -0.644. The molecule has 0 saturated heterocycles. The number of amides is 1. The third kappa shape index (κ3) is 3.58. The van der Waals surface area contributed by atoms with E-state index in [9.17, 15) is 14.7 Å². The Morgan fingerprint density at radius 2 is 1.91 bits per heavy atom. The summed E-state index contributed by atoms with van der Waals surface area (Å²) in [5, 5.41) is 11.0. The Bertz CT molecular complexity index is 1340. The molecule has 0 spiro atoms. The number of nitrogens with zero attached hydrogens (tertiary/aromatic N) is 1. The summed E-state index contributed by atoms with van der Waals surface area (Å²) in [4.78, 5) is 27.2. The number of ether oxygens (including phenoxy) is 1. The van der Waals surface area contributed by atoms with Crippen molar-refractivity contribution in [2.24, 2.45) is 0 Å². The Kier molecular flexibility index (Phi) is 5.22. The number of anilines is 2. The molecule has 3 aromatic rings. The molecule has 3 aromatic carbocycles. The number of hydrogen-bond donors (Lipinski definition) is 1. The Labute approximate surface area is 196 Å². The highest BCUT2D eigenvalue weighted by Gasteiger charge is 2.36. The number of esters is 1. The minimum absolute atomic E-state index is 0.0401. The summed E-state index contributed by atoms with van der Waals surface area (Å²) in [5.41, 5.74) is 5.61. The third-order valence-electron chi connectivity index (χ3n) is 6.23. The van der Waals surface area contributed by atoms with Gasteiger partial charge in [-0.25, -0.2) is 4.79 Å². The molecule has 0 aromatic heterocycles. The summed E-state index contributed by atoms with van der Waals surface area (Å²) in [6, 6.07) is 16.1. The lowest BCUT2D eigenvalue weighted by atomic mass is 9.96. The highest BCUT2D eigenvalue weighted by Crippen LogP contribution is 2.47. The summed E-state index contributed by atoms with van der Waals surface area (Å²) in [5.74, 6) is -0.635. The zero-order valence-corrected chi connectivity index (χ0v) is 19.0. The van der Waals surface area contributed by atoms with Crippen molar-refractivity contribution < 1.29 is 19.4 Å². The summed E-state index contributed by atoms with van der Waals surface area (Å²) in [6.07, 6.45) is 4.14. The van der Waals surface area contributed by atoms with Crippen molar-refractivity contribution in [3.63, 3.8) is 0 Å². The number of rotatable bonds is 4. The van der Waals surface area contributed by atoms with Crippen LogP contribution in [0.25, 0.3) is 11.6 Å². The molecule has 33 heavy (non-hydrogen) atoms. The lowest BCUT2D eigenvalue weighted by molar-refractivity contribution is -0.112. The highest BCUT2D eigenvalue weighted by atomic mass is 35.5. The molecule has 1 heterocycles. The maximum absolute atomic E-state index is 13.8. The normalized spacial score (nSPS) is 16.3. The maximum atomic E-state index is 13.8. The number of fused-ring (bicyclic) bond motifs is 1. The average Bonchev–Trinajstić information content (AvgIpc) is 3.60. The first-order chi connectivity index (χ1) is 15.9. The Hall–Kier alpha value is -3.57. The van der Waals surface area contributed by atoms with Crippen LogP contribution < -0.4 is 4.90 Å². The quantitative estimate of drug-likeness (QED) is 0.370. The van der Waals surface area contributed by atoms with Crippen LogP contribution in [-0.4, -0.2) is 24.1 Å². The highest BCUT2D eigenvalue weighted by molar-refractivity contribution is 6.39. The number of methoxy groups -OCH3 is 1. The van der Waals surface area contributed by atoms with E-state index < -0.39 is 5.97 Å². The molecule has 1 saturated carbocycles. The fourth-order valence-corrected chi connectivity index (χ4v) is 4.69. The molecule has 0 unspecified atom stereocenters. The maximum Gasteiger partial charge on any atom is 0.341 e. The average molecular weight is 460 g/mol. The molecule has 1 amide bonds. The molecule has 0 atom stereocenters. The van der Waals surface area contributed by atoms with E-state index in [1.54, 1.807) is 11.0 Å². The molecule has 5 nitrogen and oxygen atoms in total. The molecular weight excluding hydrogens is 438 g/mol. The van der Waals surface area contributed by atoms with Gasteiger partial charge in [0, 0.05) is 16.7 Å². The number of carbonyl (C=O) groups is 2. The smallest absolute Gasteiger partial charge is 0.341 e. The standard InChI is InChI=1S/C27H22ClNO4/c1-15-5-3-8-23-25(15)21(14-20-18(16-9-10-16)6-4-7-22(20)28)26(31)29(23)17-11-12-19(24(30)13-17)27(32)33-2/h3-8,11-14,16,30H,9-10H2,1-2H3/b21-14-. The number of halogens is 1. The van der Waals surface area contributed by atoms with E-state index >= 15 is 0 Å². The molecule has 2 aliphatic rings. The van der Waals surface area contributed by atoms with Gasteiger partial charge in [-0.3, -0.25) is 9.69 Å². The van der Waals surface area contributed by atoms with Gasteiger partial charge in [-0.2, -0.15) is 0 Å². The van der Waals surface area contributed by atoms with Crippen LogP contribution >= 0.6 is 11.6 Å². The van der Waals surface area contributed by atoms with Crippen molar-refractivity contribution >= 4 is 46.5 Å². The number of phenolic OH excluding ortho intramolecular Hbond substituents is 1. The third-order valence-corrected chi connectivity index (χ3v) is 6.56. The van der Waals surface area contributed by atoms with Crippen molar-refractivity contribution in [2.45, 2.75) is 25.7 Å². The second-order valence-electron chi connectivity index (χ2n) is 8.38. The number of benzene rings is 3. The van der Waals surface area contributed by atoms with E-state index in [0.29, 0.717) is 22.2 Å². The summed E-state index contributed by atoms with van der Waals surface area (Å²) >= 11 is 6.58. The second kappa shape index (κ2) is 8.09. The molecular formula is C27H22ClNO4. The Morgan fingerprint density at radius 3 is 2.61 bits per heavy atom. The first-order valence-corrected chi connectivity index (χ1v) is 11.1.